The predicted octanol–water partition coefficient (Wildman–Crippen LogP) is 1.65. The van der Waals surface area contributed by atoms with E-state index in [0.717, 1.165) is 15.9 Å². The molecule has 2 heterocycles. The summed E-state index contributed by atoms with van der Waals surface area (Å²) in [6, 6.07) is 0. The van der Waals surface area contributed by atoms with Gasteiger partial charge in [0, 0.05) is 14.1 Å². The molecule has 0 N–H and O–H groups in total. The second-order valence-electron chi connectivity index (χ2n) is 3.96. The Morgan fingerprint density at radius 3 is 2.65 bits per heavy atom. The highest BCUT2D eigenvalue weighted by Gasteiger charge is 2.17. The number of hydrogen-bond acceptors (Lipinski definition) is 3. The number of rotatable bonds is 3. The van der Waals surface area contributed by atoms with Gasteiger partial charge in [-0.25, -0.2) is 4.98 Å². The van der Waals surface area contributed by atoms with Crippen LogP contribution in [0.15, 0.2) is 17.0 Å². The van der Waals surface area contributed by atoms with E-state index in [1.807, 2.05) is 21.0 Å². The Hall–Kier alpha value is -1.43. The van der Waals surface area contributed by atoms with Crippen LogP contribution in [-0.2, 0) is 20.5 Å². The maximum Gasteiger partial charge on any atom is 0.186 e. The third kappa shape index (κ3) is 2.17. The van der Waals surface area contributed by atoms with Crippen molar-refractivity contribution in [3.8, 4) is 0 Å². The first-order chi connectivity index (χ1) is 8.00. The average Bonchev–Trinajstić information content (AvgIpc) is 2.78. The van der Waals surface area contributed by atoms with E-state index in [2.05, 4.69) is 26.0 Å². The van der Waals surface area contributed by atoms with Crippen LogP contribution < -0.4 is 0 Å². The summed E-state index contributed by atoms with van der Waals surface area (Å²) < 4.78 is 4.35. The van der Waals surface area contributed by atoms with Crippen LogP contribution in [0.1, 0.15) is 21.9 Å². The lowest BCUT2D eigenvalue weighted by atomic mass is 10.1. The van der Waals surface area contributed by atoms with Crippen molar-refractivity contribution >= 4 is 21.7 Å². The molecule has 0 spiro atoms. The molecule has 5 nitrogen and oxygen atoms in total. The van der Waals surface area contributed by atoms with Gasteiger partial charge in [-0.05, 0) is 22.9 Å². The minimum Gasteiger partial charge on any atom is -0.331 e. The zero-order chi connectivity index (χ0) is 12.6. The molecule has 90 valence electrons. The Morgan fingerprint density at radius 1 is 1.47 bits per heavy atom. The van der Waals surface area contributed by atoms with Gasteiger partial charge in [0.05, 0.1) is 34.8 Å². The highest BCUT2D eigenvalue weighted by molar-refractivity contribution is 9.10. The topological polar surface area (TPSA) is 52.7 Å². The fourth-order valence-corrected chi connectivity index (χ4v) is 2.22. The van der Waals surface area contributed by atoms with E-state index in [1.165, 1.54) is 0 Å². The molecule has 0 saturated heterocycles. The largest absolute Gasteiger partial charge is 0.331 e. The number of Topliss-reactive ketones (excluding diaryl/α,β-unsaturated/α-hetero) is 1. The zero-order valence-electron chi connectivity index (χ0n) is 9.94. The second kappa shape index (κ2) is 4.44. The Morgan fingerprint density at radius 2 is 2.18 bits per heavy atom. The van der Waals surface area contributed by atoms with Crippen molar-refractivity contribution in [3.63, 3.8) is 0 Å². The lowest BCUT2D eigenvalue weighted by molar-refractivity contribution is 0.0983. The summed E-state index contributed by atoms with van der Waals surface area (Å²) in [6.07, 6.45) is 3.52. The second-order valence-corrected chi connectivity index (χ2v) is 4.75. The highest BCUT2D eigenvalue weighted by Crippen LogP contribution is 2.21. The summed E-state index contributed by atoms with van der Waals surface area (Å²) in [6.45, 7) is 1.90. The smallest absolute Gasteiger partial charge is 0.186 e. The van der Waals surface area contributed by atoms with Gasteiger partial charge >= 0.3 is 0 Å². The van der Waals surface area contributed by atoms with Crippen LogP contribution in [0.2, 0.25) is 0 Å². The molecule has 2 rings (SSSR count). The van der Waals surface area contributed by atoms with E-state index in [-0.39, 0.29) is 5.78 Å². The number of carbonyl (C=O) groups is 1. The molecule has 0 amide bonds. The highest BCUT2D eigenvalue weighted by atomic mass is 79.9. The van der Waals surface area contributed by atoms with E-state index in [1.54, 1.807) is 21.8 Å². The van der Waals surface area contributed by atoms with Gasteiger partial charge in [0.15, 0.2) is 5.78 Å². The van der Waals surface area contributed by atoms with Gasteiger partial charge in [-0.1, -0.05) is 0 Å². The zero-order valence-corrected chi connectivity index (χ0v) is 11.5. The third-order valence-corrected chi connectivity index (χ3v) is 3.72. The van der Waals surface area contributed by atoms with Crippen molar-refractivity contribution in [1.29, 1.82) is 0 Å². The van der Waals surface area contributed by atoms with Crippen LogP contribution in [0.4, 0.5) is 0 Å². The first-order valence-corrected chi connectivity index (χ1v) is 5.97. The van der Waals surface area contributed by atoms with Gasteiger partial charge in [0.25, 0.3) is 0 Å². The molecule has 0 saturated carbocycles. The Balaban J connectivity index is 2.28. The van der Waals surface area contributed by atoms with Crippen molar-refractivity contribution in [3.05, 3.63) is 34.1 Å². The van der Waals surface area contributed by atoms with E-state index >= 15 is 0 Å². The van der Waals surface area contributed by atoms with E-state index in [9.17, 15) is 4.79 Å². The number of carbonyl (C=O) groups excluding carboxylic acids is 1. The van der Waals surface area contributed by atoms with Crippen LogP contribution in [0.5, 0.6) is 0 Å². The molecule has 0 aromatic carbocycles. The monoisotopic (exact) mass is 296 g/mol. The normalized spacial score (nSPS) is 10.8. The summed E-state index contributed by atoms with van der Waals surface area (Å²) in [5, 5.41) is 4.26. The van der Waals surface area contributed by atoms with E-state index in [0.29, 0.717) is 12.1 Å². The predicted molar refractivity (Wildman–Crippen MR) is 66.9 cm³/mol. The average molecular weight is 297 g/mol. The molecular formula is C11H13BrN4O. The van der Waals surface area contributed by atoms with Gasteiger partial charge in [-0.2, -0.15) is 5.10 Å². The van der Waals surface area contributed by atoms with Crippen molar-refractivity contribution in [2.75, 3.05) is 0 Å². The lowest BCUT2D eigenvalue weighted by Crippen LogP contribution is -2.11. The molecule has 0 unspecified atom stereocenters. The summed E-state index contributed by atoms with van der Waals surface area (Å²) in [7, 11) is 3.65. The standard InChI is InChI=1S/C11H13BrN4O/c1-7-11(12)8(16(3)14-7)4-10(17)9-5-13-6-15(9)2/h5-6H,4H2,1-3H3. The van der Waals surface area contributed by atoms with Crippen molar-refractivity contribution in [1.82, 2.24) is 19.3 Å². The molecule has 2 aromatic heterocycles. The van der Waals surface area contributed by atoms with Gasteiger partial charge in [0.1, 0.15) is 5.69 Å². The molecule has 2 aromatic rings. The number of halogens is 1. The molecule has 6 heteroatoms. The first kappa shape index (κ1) is 12.0. The summed E-state index contributed by atoms with van der Waals surface area (Å²) in [5.41, 5.74) is 2.38. The first-order valence-electron chi connectivity index (χ1n) is 5.18. The number of hydrogen-bond donors (Lipinski definition) is 0. The van der Waals surface area contributed by atoms with Crippen LogP contribution in [0, 0.1) is 6.92 Å². The van der Waals surface area contributed by atoms with Crippen molar-refractivity contribution in [2.24, 2.45) is 14.1 Å². The van der Waals surface area contributed by atoms with Crippen LogP contribution in [-0.4, -0.2) is 25.1 Å². The lowest BCUT2D eigenvalue weighted by Gasteiger charge is -2.03. The summed E-state index contributed by atoms with van der Waals surface area (Å²) >= 11 is 3.45. The van der Waals surface area contributed by atoms with Crippen molar-refractivity contribution < 1.29 is 4.79 Å². The molecule has 0 aliphatic rings. The summed E-state index contributed by atoms with van der Waals surface area (Å²) in [4.78, 5) is 16.0. The SMILES string of the molecule is Cc1nn(C)c(CC(=O)c2cncn2C)c1Br. The molecular weight excluding hydrogens is 284 g/mol. The Kier molecular flexibility index (Phi) is 3.15. The molecule has 0 radical (unpaired) electrons. The van der Waals surface area contributed by atoms with Crippen LogP contribution in [0.25, 0.3) is 0 Å². The Labute approximate surface area is 108 Å². The van der Waals surface area contributed by atoms with Gasteiger partial charge in [0.2, 0.25) is 0 Å². The molecule has 17 heavy (non-hydrogen) atoms. The number of imidazole rings is 1. The number of aromatic nitrogens is 4. The van der Waals surface area contributed by atoms with Crippen LogP contribution >= 0.6 is 15.9 Å². The molecule has 0 fully saturated rings. The quantitative estimate of drug-likeness (QED) is 0.809. The van der Waals surface area contributed by atoms with E-state index < -0.39 is 0 Å². The number of ketones is 1. The van der Waals surface area contributed by atoms with Crippen LogP contribution in [0.3, 0.4) is 0 Å². The third-order valence-electron chi connectivity index (χ3n) is 2.69. The minimum absolute atomic E-state index is 0.0358. The molecule has 0 atom stereocenters. The number of nitrogens with zero attached hydrogens (tertiary/aromatic N) is 4. The fourth-order valence-electron chi connectivity index (χ4n) is 1.74. The molecule has 0 bridgehead atoms. The van der Waals surface area contributed by atoms with E-state index in [4.69, 9.17) is 0 Å². The maximum absolute atomic E-state index is 12.1. The fraction of sp³-hybridized carbons (Fsp3) is 0.364. The molecule has 0 aliphatic carbocycles. The Bertz CT molecular complexity index is 570. The number of aryl methyl sites for hydroxylation is 3. The summed E-state index contributed by atoms with van der Waals surface area (Å²) in [5.74, 6) is 0.0358. The van der Waals surface area contributed by atoms with Gasteiger partial charge in [-0.3, -0.25) is 9.48 Å². The molecule has 0 aliphatic heterocycles. The van der Waals surface area contributed by atoms with Crippen molar-refractivity contribution in [2.45, 2.75) is 13.3 Å². The van der Waals surface area contributed by atoms with Gasteiger partial charge in [-0.15, -0.1) is 0 Å². The maximum atomic E-state index is 12.1. The van der Waals surface area contributed by atoms with Gasteiger partial charge < -0.3 is 4.57 Å². The minimum atomic E-state index is 0.0358.